The number of carbonyl (C=O) groups excluding carboxylic acids is 1. The van der Waals surface area contributed by atoms with E-state index in [0.29, 0.717) is 22.3 Å². The fourth-order valence-electron chi connectivity index (χ4n) is 2.32. The number of hydrogen-bond donors (Lipinski definition) is 1. The molecule has 1 fully saturated rings. The van der Waals surface area contributed by atoms with E-state index < -0.39 is 0 Å². The molecule has 23 heavy (non-hydrogen) atoms. The van der Waals surface area contributed by atoms with Gasteiger partial charge in [0.25, 0.3) is 0 Å². The van der Waals surface area contributed by atoms with Gasteiger partial charge in [-0.1, -0.05) is 65.8 Å². The van der Waals surface area contributed by atoms with Gasteiger partial charge in [0.05, 0.1) is 12.2 Å². The number of thiocarbonyl (C=S) groups is 1. The molecule has 0 bridgehead atoms. The summed E-state index contributed by atoms with van der Waals surface area (Å²) < 4.78 is 0. The van der Waals surface area contributed by atoms with E-state index in [1.54, 1.807) is 17.0 Å². The Morgan fingerprint density at radius 2 is 1.78 bits per heavy atom. The lowest BCUT2D eigenvalue weighted by Gasteiger charge is -2.13. The minimum atomic E-state index is -0.205. The van der Waals surface area contributed by atoms with E-state index in [-0.39, 0.29) is 6.03 Å². The number of hydrogen-bond acceptors (Lipinski definition) is 2. The highest BCUT2D eigenvalue weighted by atomic mass is 35.5. The normalized spacial score (nSPS) is 16.1. The quantitative estimate of drug-likeness (QED) is 0.656. The first-order valence-corrected chi connectivity index (χ1v) is 7.97. The van der Waals surface area contributed by atoms with Gasteiger partial charge in [-0.25, -0.2) is 4.79 Å². The van der Waals surface area contributed by atoms with Crippen molar-refractivity contribution in [3.8, 4) is 0 Å². The summed E-state index contributed by atoms with van der Waals surface area (Å²) in [6, 6.07) is 15.2. The summed E-state index contributed by atoms with van der Waals surface area (Å²) in [7, 11) is 0. The Balaban J connectivity index is 1.79. The van der Waals surface area contributed by atoms with Crippen molar-refractivity contribution in [2.45, 2.75) is 13.5 Å². The van der Waals surface area contributed by atoms with Gasteiger partial charge in [-0.2, -0.15) is 0 Å². The van der Waals surface area contributed by atoms with E-state index in [9.17, 15) is 4.79 Å². The van der Waals surface area contributed by atoms with Gasteiger partial charge < -0.3 is 5.32 Å². The molecule has 0 saturated carbocycles. The Bertz CT molecular complexity index is 782. The fraction of sp³-hybridized carbons (Fsp3) is 0.111. The second kappa shape index (κ2) is 6.52. The van der Waals surface area contributed by atoms with Gasteiger partial charge in [0, 0.05) is 5.02 Å². The summed E-state index contributed by atoms with van der Waals surface area (Å²) in [6.07, 6.45) is 1.89. The number of benzene rings is 2. The van der Waals surface area contributed by atoms with Gasteiger partial charge in [0.1, 0.15) is 4.99 Å². The molecule has 0 unspecified atom stereocenters. The second-order valence-electron chi connectivity index (χ2n) is 5.42. The van der Waals surface area contributed by atoms with Crippen LogP contribution >= 0.6 is 23.8 Å². The standard InChI is InChI=1S/C18H15ClN2OS/c1-12-2-4-13(5-3-12)10-16-17(23)21(18(22)20-16)11-14-6-8-15(19)9-7-14/h2-10H,11H2,1H3,(H,20,22)/b16-10+. The van der Waals surface area contributed by atoms with Crippen molar-refractivity contribution in [2.24, 2.45) is 0 Å². The number of rotatable bonds is 3. The fourth-order valence-corrected chi connectivity index (χ4v) is 2.70. The number of carbonyl (C=O) groups is 1. The molecule has 0 aliphatic carbocycles. The highest BCUT2D eigenvalue weighted by molar-refractivity contribution is 7.80. The topological polar surface area (TPSA) is 32.3 Å². The van der Waals surface area contributed by atoms with Crippen LogP contribution in [-0.2, 0) is 6.54 Å². The minimum Gasteiger partial charge on any atom is -0.305 e. The van der Waals surface area contributed by atoms with E-state index in [4.69, 9.17) is 23.8 Å². The van der Waals surface area contributed by atoms with Crippen LogP contribution in [0.1, 0.15) is 16.7 Å². The summed E-state index contributed by atoms with van der Waals surface area (Å²) in [5.41, 5.74) is 3.82. The number of aryl methyl sites for hydroxylation is 1. The Labute approximate surface area is 145 Å². The second-order valence-corrected chi connectivity index (χ2v) is 6.24. The minimum absolute atomic E-state index is 0.205. The molecule has 116 valence electrons. The molecule has 1 aliphatic heterocycles. The first kappa shape index (κ1) is 15.7. The molecule has 3 rings (SSSR count). The molecule has 0 atom stereocenters. The number of halogens is 1. The molecule has 0 spiro atoms. The van der Waals surface area contributed by atoms with Gasteiger partial charge in [0.15, 0.2) is 0 Å². The first-order chi connectivity index (χ1) is 11.0. The molecular weight excluding hydrogens is 328 g/mol. The van der Waals surface area contributed by atoms with Crippen LogP contribution in [0.4, 0.5) is 4.79 Å². The number of amides is 2. The average molecular weight is 343 g/mol. The lowest BCUT2D eigenvalue weighted by Crippen LogP contribution is -2.29. The molecule has 5 heteroatoms. The van der Waals surface area contributed by atoms with Crippen molar-refractivity contribution in [1.29, 1.82) is 0 Å². The Morgan fingerprint density at radius 3 is 2.43 bits per heavy atom. The number of urea groups is 1. The number of nitrogens with one attached hydrogen (secondary N) is 1. The third-order valence-electron chi connectivity index (χ3n) is 3.60. The zero-order valence-electron chi connectivity index (χ0n) is 12.5. The predicted octanol–water partition coefficient (Wildman–Crippen LogP) is 4.54. The summed E-state index contributed by atoms with van der Waals surface area (Å²) in [4.78, 5) is 14.2. The van der Waals surface area contributed by atoms with Gasteiger partial charge in [0.2, 0.25) is 0 Å². The number of nitrogens with zero attached hydrogens (tertiary/aromatic N) is 1. The molecule has 1 aliphatic rings. The highest BCUT2D eigenvalue weighted by Gasteiger charge is 2.29. The van der Waals surface area contributed by atoms with Gasteiger partial charge in [-0.3, -0.25) is 4.90 Å². The average Bonchev–Trinajstić information content (AvgIpc) is 2.79. The maximum absolute atomic E-state index is 12.2. The van der Waals surface area contributed by atoms with Crippen molar-refractivity contribution in [2.75, 3.05) is 0 Å². The third kappa shape index (κ3) is 3.60. The largest absolute Gasteiger partial charge is 0.327 e. The van der Waals surface area contributed by atoms with E-state index in [1.807, 2.05) is 49.4 Å². The van der Waals surface area contributed by atoms with E-state index in [0.717, 1.165) is 11.1 Å². The zero-order valence-corrected chi connectivity index (χ0v) is 14.1. The van der Waals surface area contributed by atoms with Crippen LogP contribution in [0.2, 0.25) is 5.02 Å². The van der Waals surface area contributed by atoms with Crippen molar-refractivity contribution >= 4 is 40.9 Å². The predicted molar refractivity (Wildman–Crippen MR) is 97.3 cm³/mol. The molecule has 2 aromatic rings. The van der Waals surface area contributed by atoms with Crippen LogP contribution in [0.3, 0.4) is 0 Å². The maximum atomic E-state index is 12.2. The third-order valence-corrected chi connectivity index (χ3v) is 4.30. The highest BCUT2D eigenvalue weighted by Crippen LogP contribution is 2.19. The van der Waals surface area contributed by atoms with Gasteiger partial charge >= 0.3 is 6.03 Å². The first-order valence-electron chi connectivity index (χ1n) is 7.18. The van der Waals surface area contributed by atoms with E-state index in [2.05, 4.69) is 5.32 Å². The van der Waals surface area contributed by atoms with Crippen LogP contribution in [0.5, 0.6) is 0 Å². The van der Waals surface area contributed by atoms with E-state index >= 15 is 0 Å². The summed E-state index contributed by atoms with van der Waals surface area (Å²) in [5.74, 6) is 0. The molecule has 0 radical (unpaired) electrons. The van der Waals surface area contributed by atoms with Crippen LogP contribution in [0, 0.1) is 6.92 Å². The summed E-state index contributed by atoms with van der Waals surface area (Å²) >= 11 is 11.3. The van der Waals surface area contributed by atoms with Crippen molar-refractivity contribution < 1.29 is 4.79 Å². The molecule has 1 heterocycles. The smallest absolute Gasteiger partial charge is 0.305 e. The Kier molecular flexibility index (Phi) is 4.46. The molecule has 2 aromatic carbocycles. The molecule has 2 amide bonds. The molecule has 1 N–H and O–H groups in total. The molecular formula is C18H15ClN2OS. The summed E-state index contributed by atoms with van der Waals surface area (Å²) in [6.45, 7) is 2.46. The van der Waals surface area contributed by atoms with Crippen LogP contribution in [-0.4, -0.2) is 15.9 Å². The lowest BCUT2D eigenvalue weighted by atomic mass is 10.1. The van der Waals surface area contributed by atoms with Crippen LogP contribution in [0.25, 0.3) is 6.08 Å². The van der Waals surface area contributed by atoms with E-state index in [1.165, 1.54) is 5.56 Å². The molecule has 1 saturated heterocycles. The van der Waals surface area contributed by atoms with Gasteiger partial charge in [-0.05, 0) is 36.3 Å². The molecule has 0 aromatic heterocycles. The van der Waals surface area contributed by atoms with Crippen LogP contribution < -0.4 is 5.32 Å². The zero-order chi connectivity index (χ0) is 16.4. The van der Waals surface area contributed by atoms with Crippen molar-refractivity contribution in [3.63, 3.8) is 0 Å². The Hall–Kier alpha value is -2.17. The van der Waals surface area contributed by atoms with Crippen molar-refractivity contribution in [1.82, 2.24) is 10.2 Å². The van der Waals surface area contributed by atoms with Crippen LogP contribution in [0.15, 0.2) is 54.2 Å². The monoisotopic (exact) mass is 342 g/mol. The molecule has 3 nitrogen and oxygen atoms in total. The Morgan fingerprint density at radius 1 is 1.13 bits per heavy atom. The lowest BCUT2D eigenvalue weighted by molar-refractivity contribution is 0.228. The SMILES string of the molecule is Cc1ccc(/C=C2/NC(=O)N(Cc3ccc(Cl)cc3)C2=S)cc1. The maximum Gasteiger partial charge on any atom is 0.327 e. The summed E-state index contributed by atoms with van der Waals surface area (Å²) in [5, 5.41) is 3.50. The van der Waals surface area contributed by atoms with Gasteiger partial charge in [-0.15, -0.1) is 0 Å². The van der Waals surface area contributed by atoms with Crippen molar-refractivity contribution in [3.05, 3.63) is 75.9 Å².